The van der Waals surface area contributed by atoms with Crippen LogP contribution >= 0.6 is 0 Å². The monoisotopic (exact) mass is 374 g/mol. The van der Waals surface area contributed by atoms with Crippen LogP contribution in [0.3, 0.4) is 0 Å². The van der Waals surface area contributed by atoms with Crippen LogP contribution in [0.5, 0.6) is 0 Å². The Morgan fingerprint density at radius 3 is 2.54 bits per heavy atom. The predicted octanol–water partition coefficient (Wildman–Crippen LogP) is 3.31. The first-order valence-corrected chi connectivity index (χ1v) is 9.99. The smallest absolute Gasteiger partial charge is 0.115 e. The average molecular weight is 374 g/mol. The van der Waals surface area contributed by atoms with E-state index < -0.39 is 0 Å². The largest absolute Gasteiger partial charge is 0.354 e. The van der Waals surface area contributed by atoms with Crippen LogP contribution in [0.25, 0.3) is 22.3 Å². The van der Waals surface area contributed by atoms with Crippen molar-refractivity contribution in [3.8, 4) is 11.3 Å². The molecule has 1 saturated heterocycles. The summed E-state index contributed by atoms with van der Waals surface area (Å²) in [7, 11) is 4.36. The Morgan fingerprint density at radius 1 is 0.964 bits per heavy atom. The first-order valence-electron chi connectivity index (χ1n) is 9.99. The van der Waals surface area contributed by atoms with Crippen molar-refractivity contribution in [2.75, 3.05) is 43.7 Å². The lowest BCUT2D eigenvalue weighted by atomic mass is 10.0. The standard InChI is InChI=1S/C22H26N6/c1-15-4-5-16(12-23-15)18-6-7-19-21(25-18)22-20(13-24-19)27(3)14-28(22)17-8-10-26(2)11-9-17/h4-7,12-13,17H,8-11,14H2,1-3H3. The van der Waals surface area contributed by atoms with E-state index in [2.05, 4.69) is 50.9 Å². The Balaban J connectivity index is 1.61. The van der Waals surface area contributed by atoms with E-state index >= 15 is 0 Å². The topological polar surface area (TPSA) is 48.4 Å². The van der Waals surface area contributed by atoms with Gasteiger partial charge in [-0.05, 0) is 64.2 Å². The molecule has 0 radical (unpaired) electrons. The van der Waals surface area contributed by atoms with E-state index in [0.29, 0.717) is 6.04 Å². The van der Waals surface area contributed by atoms with E-state index in [1.54, 1.807) is 0 Å². The minimum atomic E-state index is 0.553. The van der Waals surface area contributed by atoms with E-state index in [4.69, 9.17) is 4.98 Å². The summed E-state index contributed by atoms with van der Waals surface area (Å²) in [5.74, 6) is 0. The average Bonchev–Trinajstić information content (AvgIpc) is 3.06. The van der Waals surface area contributed by atoms with E-state index in [-0.39, 0.29) is 0 Å². The van der Waals surface area contributed by atoms with Crippen LogP contribution in [0.4, 0.5) is 11.4 Å². The summed E-state index contributed by atoms with van der Waals surface area (Å²) < 4.78 is 0. The van der Waals surface area contributed by atoms with Gasteiger partial charge in [-0.2, -0.15) is 0 Å². The molecule has 2 aliphatic heterocycles. The van der Waals surface area contributed by atoms with Gasteiger partial charge in [-0.25, -0.2) is 4.98 Å². The molecular weight excluding hydrogens is 348 g/mol. The molecule has 0 saturated carbocycles. The van der Waals surface area contributed by atoms with Gasteiger partial charge in [0.1, 0.15) is 5.52 Å². The third-order valence-corrected chi connectivity index (χ3v) is 6.07. The molecule has 2 aliphatic rings. The highest BCUT2D eigenvalue weighted by atomic mass is 15.4. The van der Waals surface area contributed by atoms with Crippen molar-refractivity contribution in [3.05, 3.63) is 42.4 Å². The molecule has 5 heterocycles. The SMILES string of the molecule is Cc1ccc(-c2ccc3ncc4c(c3n2)N(C2CCN(C)CC2)CN4C)cn1. The maximum Gasteiger partial charge on any atom is 0.115 e. The molecule has 0 spiro atoms. The van der Waals surface area contributed by atoms with Crippen LogP contribution in [0.2, 0.25) is 0 Å². The Morgan fingerprint density at radius 2 is 1.79 bits per heavy atom. The lowest BCUT2D eigenvalue weighted by Crippen LogP contribution is -2.44. The fraction of sp³-hybridized carbons (Fsp3) is 0.409. The van der Waals surface area contributed by atoms with Gasteiger partial charge in [0.15, 0.2) is 0 Å². The van der Waals surface area contributed by atoms with Gasteiger partial charge in [-0.1, -0.05) is 0 Å². The lowest BCUT2D eigenvalue weighted by molar-refractivity contribution is 0.251. The maximum atomic E-state index is 5.06. The van der Waals surface area contributed by atoms with Crippen LogP contribution < -0.4 is 9.80 Å². The summed E-state index contributed by atoms with van der Waals surface area (Å²) in [6, 6.07) is 8.81. The van der Waals surface area contributed by atoms with Crippen LogP contribution in [-0.2, 0) is 0 Å². The number of likely N-dealkylation sites (tertiary alicyclic amines) is 1. The number of aromatic nitrogens is 3. The van der Waals surface area contributed by atoms with Crippen LogP contribution in [0.1, 0.15) is 18.5 Å². The normalized spacial score (nSPS) is 18.1. The molecule has 0 amide bonds. The number of fused-ring (bicyclic) bond motifs is 3. The Kier molecular flexibility index (Phi) is 4.16. The van der Waals surface area contributed by atoms with Gasteiger partial charge in [0, 0.05) is 30.5 Å². The maximum absolute atomic E-state index is 5.06. The Bertz CT molecular complexity index is 1010. The summed E-state index contributed by atoms with van der Waals surface area (Å²) >= 11 is 0. The Hall–Kier alpha value is -2.73. The minimum absolute atomic E-state index is 0.553. The quantitative estimate of drug-likeness (QED) is 0.686. The summed E-state index contributed by atoms with van der Waals surface area (Å²) in [5.41, 5.74) is 7.38. The zero-order valence-electron chi connectivity index (χ0n) is 16.8. The molecule has 6 heteroatoms. The number of pyridine rings is 3. The second-order valence-corrected chi connectivity index (χ2v) is 8.09. The predicted molar refractivity (Wildman–Crippen MR) is 114 cm³/mol. The fourth-order valence-electron chi connectivity index (χ4n) is 4.37. The summed E-state index contributed by atoms with van der Waals surface area (Å²) in [6.45, 7) is 5.21. The molecular formula is C22H26N6. The summed E-state index contributed by atoms with van der Waals surface area (Å²) in [5, 5.41) is 0. The van der Waals surface area contributed by atoms with Gasteiger partial charge < -0.3 is 14.7 Å². The molecule has 5 rings (SSSR count). The van der Waals surface area contributed by atoms with E-state index in [9.17, 15) is 0 Å². The number of nitrogens with zero attached hydrogens (tertiary/aromatic N) is 6. The highest BCUT2D eigenvalue weighted by Gasteiger charge is 2.33. The molecule has 0 unspecified atom stereocenters. The van der Waals surface area contributed by atoms with Crippen molar-refractivity contribution in [3.63, 3.8) is 0 Å². The third-order valence-electron chi connectivity index (χ3n) is 6.07. The number of piperidine rings is 1. The molecule has 144 valence electrons. The highest BCUT2D eigenvalue weighted by molar-refractivity contribution is 5.98. The molecule has 0 aromatic carbocycles. The number of rotatable bonds is 2. The number of anilines is 2. The molecule has 6 nitrogen and oxygen atoms in total. The van der Waals surface area contributed by atoms with Gasteiger partial charge in [0.25, 0.3) is 0 Å². The second kappa shape index (κ2) is 6.71. The molecule has 0 bridgehead atoms. The minimum Gasteiger partial charge on any atom is -0.354 e. The fourth-order valence-corrected chi connectivity index (χ4v) is 4.37. The van der Waals surface area contributed by atoms with Gasteiger partial charge in [0.05, 0.1) is 35.5 Å². The Labute approximate surface area is 165 Å². The summed E-state index contributed by atoms with van der Waals surface area (Å²) in [6.07, 6.45) is 6.28. The van der Waals surface area contributed by atoms with Crippen molar-refractivity contribution in [2.45, 2.75) is 25.8 Å². The summed E-state index contributed by atoms with van der Waals surface area (Å²) in [4.78, 5) is 21.5. The van der Waals surface area contributed by atoms with Gasteiger partial charge in [0.2, 0.25) is 0 Å². The number of aryl methyl sites for hydroxylation is 1. The van der Waals surface area contributed by atoms with Crippen molar-refractivity contribution >= 4 is 22.4 Å². The molecule has 28 heavy (non-hydrogen) atoms. The van der Waals surface area contributed by atoms with E-state index in [1.807, 2.05) is 31.5 Å². The zero-order chi connectivity index (χ0) is 19.3. The lowest BCUT2D eigenvalue weighted by Gasteiger charge is -2.36. The third kappa shape index (κ3) is 2.88. The van der Waals surface area contributed by atoms with E-state index in [1.165, 1.54) is 24.2 Å². The molecule has 0 aliphatic carbocycles. The molecule has 0 atom stereocenters. The molecule has 3 aromatic rings. The van der Waals surface area contributed by atoms with Gasteiger partial charge >= 0.3 is 0 Å². The van der Waals surface area contributed by atoms with Crippen molar-refractivity contribution in [1.82, 2.24) is 19.9 Å². The van der Waals surface area contributed by atoms with Crippen LogP contribution in [0, 0.1) is 6.92 Å². The number of hydrogen-bond donors (Lipinski definition) is 0. The first-order chi connectivity index (χ1) is 13.6. The number of hydrogen-bond acceptors (Lipinski definition) is 6. The van der Waals surface area contributed by atoms with Crippen LogP contribution in [0.15, 0.2) is 36.7 Å². The van der Waals surface area contributed by atoms with E-state index in [0.717, 1.165) is 47.7 Å². The van der Waals surface area contributed by atoms with Gasteiger partial charge in [-0.3, -0.25) is 9.97 Å². The highest BCUT2D eigenvalue weighted by Crippen LogP contribution is 2.42. The van der Waals surface area contributed by atoms with Crippen molar-refractivity contribution in [2.24, 2.45) is 0 Å². The molecule has 3 aromatic heterocycles. The molecule has 1 fully saturated rings. The van der Waals surface area contributed by atoms with Gasteiger partial charge in [-0.15, -0.1) is 0 Å². The molecule has 0 N–H and O–H groups in total. The van der Waals surface area contributed by atoms with Crippen molar-refractivity contribution in [1.29, 1.82) is 0 Å². The zero-order valence-corrected chi connectivity index (χ0v) is 16.8. The van der Waals surface area contributed by atoms with Crippen molar-refractivity contribution < 1.29 is 0 Å². The first kappa shape index (κ1) is 17.4. The van der Waals surface area contributed by atoms with Crippen LogP contribution in [-0.4, -0.2) is 59.7 Å². The second-order valence-electron chi connectivity index (χ2n) is 8.09.